The van der Waals surface area contributed by atoms with Gasteiger partial charge in [-0.1, -0.05) is 13.0 Å². The quantitative estimate of drug-likeness (QED) is 0.898. The maximum Gasteiger partial charge on any atom is 0.131 e. The van der Waals surface area contributed by atoms with Gasteiger partial charge in [-0.15, -0.1) is 0 Å². The fourth-order valence-corrected chi connectivity index (χ4v) is 3.43. The summed E-state index contributed by atoms with van der Waals surface area (Å²) in [5.41, 5.74) is 0.311. The lowest BCUT2D eigenvalue weighted by Gasteiger charge is -2.44. The lowest BCUT2D eigenvalue weighted by molar-refractivity contribution is -0.0752. The molecule has 0 aliphatic heterocycles. The molecular formula is C17H26FNO2. The third-order valence-corrected chi connectivity index (χ3v) is 4.86. The van der Waals surface area contributed by atoms with Crippen LogP contribution in [0.1, 0.15) is 44.2 Å². The van der Waals surface area contributed by atoms with Crippen molar-refractivity contribution >= 4 is 0 Å². The van der Waals surface area contributed by atoms with E-state index in [4.69, 9.17) is 9.47 Å². The van der Waals surface area contributed by atoms with Crippen LogP contribution in [0.25, 0.3) is 0 Å². The summed E-state index contributed by atoms with van der Waals surface area (Å²) in [6.45, 7) is 2.27. The Hall–Kier alpha value is -1.13. The van der Waals surface area contributed by atoms with Crippen LogP contribution in [0, 0.1) is 11.7 Å². The van der Waals surface area contributed by atoms with Gasteiger partial charge in [0, 0.05) is 18.7 Å². The van der Waals surface area contributed by atoms with E-state index in [1.807, 2.05) is 7.05 Å². The molecule has 0 saturated heterocycles. The highest BCUT2D eigenvalue weighted by Crippen LogP contribution is 2.43. The predicted molar refractivity (Wildman–Crippen MR) is 82.1 cm³/mol. The lowest BCUT2D eigenvalue weighted by atomic mass is 9.73. The summed E-state index contributed by atoms with van der Waals surface area (Å²) in [5.74, 6) is 1.00. The fourth-order valence-electron chi connectivity index (χ4n) is 3.43. The number of ether oxygens (including phenoxy) is 2. The molecule has 1 aliphatic rings. The zero-order valence-electron chi connectivity index (χ0n) is 13.4. The van der Waals surface area contributed by atoms with Crippen LogP contribution in [-0.2, 0) is 4.74 Å². The third-order valence-electron chi connectivity index (χ3n) is 4.86. The number of rotatable bonds is 5. The molecule has 0 heterocycles. The summed E-state index contributed by atoms with van der Waals surface area (Å²) >= 11 is 0. The summed E-state index contributed by atoms with van der Waals surface area (Å²) < 4.78 is 25.4. The Labute approximate surface area is 126 Å². The van der Waals surface area contributed by atoms with Crippen molar-refractivity contribution in [2.75, 3.05) is 21.3 Å². The van der Waals surface area contributed by atoms with Crippen molar-refractivity contribution in [2.45, 2.75) is 44.2 Å². The molecule has 0 spiro atoms. The second-order valence-corrected chi connectivity index (χ2v) is 6.06. The van der Waals surface area contributed by atoms with Crippen LogP contribution in [-0.4, -0.2) is 26.9 Å². The van der Waals surface area contributed by atoms with Crippen molar-refractivity contribution in [3.8, 4) is 5.75 Å². The van der Waals surface area contributed by atoms with Gasteiger partial charge in [0.1, 0.15) is 11.6 Å². The Morgan fingerprint density at radius 2 is 1.95 bits per heavy atom. The first-order valence-corrected chi connectivity index (χ1v) is 7.62. The van der Waals surface area contributed by atoms with Gasteiger partial charge in [-0.3, -0.25) is 0 Å². The van der Waals surface area contributed by atoms with Crippen LogP contribution in [0.5, 0.6) is 5.75 Å². The number of hydrogen-bond donors (Lipinski definition) is 1. The average Bonchev–Trinajstić information content (AvgIpc) is 2.51. The molecule has 0 aromatic heterocycles. The van der Waals surface area contributed by atoms with Crippen LogP contribution >= 0.6 is 0 Å². The number of halogens is 1. The van der Waals surface area contributed by atoms with E-state index >= 15 is 0 Å². The highest BCUT2D eigenvalue weighted by atomic mass is 19.1. The Bertz CT molecular complexity index is 470. The smallest absolute Gasteiger partial charge is 0.131 e. The van der Waals surface area contributed by atoms with Crippen LogP contribution in [0.4, 0.5) is 4.39 Å². The Balaban J connectivity index is 2.33. The molecule has 118 valence electrons. The molecular weight excluding hydrogens is 269 g/mol. The molecule has 1 fully saturated rings. The van der Waals surface area contributed by atoms with Gasteiger partial charge >= 0.3 is 0 Å². The molecule has 2 rings (SSSR count). The SMILES string of the molecule is CNC(c1ccc(OC)cc1F)C1(OC)CCC(C)CC1. The molecule has 3 nitrogen and oxygen atoms in total. The van der Waals surface area contributed by atoms with Crippen molar-refractivity contribution in [3.05, 3.63) is 29.6 Å². The van der Waals surface area contributed by atoms with Crippen molar-refractivity contribution in [3.63, 3.8) is 0 Å². The minimum Gasteiger partial charge on any atom is -0.497 e. The molecule has 1 unspecified atom stereocenters. The second-order valence-electron chi connectivity index (χ2n) is 6.06. The molecule has 4 heteroatoms. The van der Waals surface area contributed by atoms with E-state index in [1.165, 1.54) is 6.07 Å². The summed E-state index contributed by atoms with van der Waals surface area (Å²) in [5, 5.41) is 3.27. The molecule has 0 bridgehead atoms. The predicted octanol–water partition coefficient (Wildman–Crippen LogP) is 3.69. The standard InChI is InChI=1S/C17H26FNO2/c1-12-7-9-17(21-4,10-8-12)16(19-2)14-6-5-13(20-3)11-15(14)18/h5-6,11-12,16,19H,7-10H2,1-4H3. The monoisotopic (exact) mass is 295 g/mol. The van der Waals surface area contributed by atoms with Gasteiger partial charge in [-0.2, -0.15) is 0 Å². The van der Waals surface area contributed by atoms with Crippen molar-refractivity contribution < 1.29 is 13.9 Å². The minimum absolute atomic E-state index is 0.152. The van der Waals surface area contributed by atoms with Gasteiger partial charge in [0.15, 0.2) is 0 Å². The zero-order valence-corrected chi connectivity index (χ0v) is 13.4. The number of hydrogen-bond acceptors (Lipinski definition) is 3. The van der Waals surface area contributed by atoms with E-state index in [1.54, 1.807) is 26.4 Å². The summed E-state index contributed by atoms with van der Waals surface area (Å²) in [6, 6.07) is 4.89. The Morgan fingerprint density at radius 1 is 1.29 bits per heavy atom. The molecule has 1 N–H and O–H groups in total. The summed E-state index contributed by atoms with van der Waals surface area (Å²) in [4.78, 5) is 0. The molecule has 1 aliphatic carbocycles. The lowest BCUT2D eigenvalue weighted by Crippen LogP contribution is -2.47. The molecule has 1 aromatic carbocycles. The maximum absolute atomic E-state index is 14.4. The van der Waals surface area contributed by atoms with E-state index in [2.05, 4.69) is 12.2 Å². The third kappa shape index (κ3) is 3.22. The summed E-state index contributed by atoms with van der Waals surface area (Å²) in [6.07, 6.45) is 4.12. The van der Waals surface area contributed by atoms with E-state index in [9.17, 15) is 4.39 Å². The first-order chi connectivity index (χ1) is 10.1. The largest absolute Gasteiger partial charge is 0.497 e. The summed E-state index contributed by atoms with van der Waals surface area (Å²) in [7, 11) is 5.15. The van der Waals surface area contributed by atoms with Crippen LogP contribution < -0.4 is 10.1 Å². The van der Waals surface area contributed by atoms with Gasteiger partial charge < -0.3 is 14.8 Å². The number of likely N-dealkylation sites (N-methyl/N-ethyl adjacent to an activating group) is 1. The van der Waals surface area contributed by atoms with Gasteiger partial charge in [0.2, 0.25) is 0 Å². The molecule has 1 saturated carbocycles. The number of methoxy groups -OCH3 is 2. The average molecular weight is 295 g/mol. The molecule has 0 amide bonds. The van der Waals surface area contributed by atoms with Gasteiger partial charge in [-0.25, -0.2) is 4.39 Å². The normalized spacial score (nSPS) is 27.4. The Morgan fingerprint density at radius 3 is 2.43 bits per heavy atom. The van der Waals surface area contributed by atoms with Gasteiger partial charge in [0.25, 0.3) is 0 Å². The fraction of sp³-hybridized carbons (Fsp3) is 0.647. The van der Waals surface area contributed by atoms with E-state index in [0.29, 0.717) is 17.2 Å². The molecule has 21 heavy (non-hydrogen) atoms. The van der Waals surface area contributed by atoms with Crippen LogP contribution in [0.2, 0.25) is 0 Å². The maximum atomic E-state index is 14.4. The number of benzene rings is 1. The van der Waals surface area contributed by atoms with Crippen molar-refractivity contribution in [1.29, 1.82) is 0 Å². The second kappa shape index (κ2) is 6.75. The molecule has 0 radical (unpaired) electrons. The van der Waals surface area contributed by atoms with E-state index in [-0.39, 0.29) is 17.5 Å². The molecule has 1 aromatic rings. The first kappa shape index (κ1) is 16.2. The van der Waals surface area contributed by atoms with Crippen LogP contribution in [0.3, 0.4) is 0 Å². The van der Waals surface area contributed by atoms with Gasteiger partial charge in [-0.05, 0) is 44.7 Å². The van der Waals surface area contributed by atoms with Crippen molar-refractivity contribution in [2.24, 2.45) is 5.92 Å². The topological polar surface area (TPSA) is 30.5 Å². The zero-order chi connectivity index (χ0) is 15.5. The van der Waals surface area contributed by atoms with Gasteiger partial charge in [0.05, 0.1) is 18.8 Å². The van der Waals surface area contributed by atoms with E-state index < -0.39 is 0 Å². The Kier molecular flexibility index (Phi) is 5.22. The van der Waals surface area contributed by atoms with E-state index in [0.717, 1.165) is 25.7 Å². The minimum atomic E-state index is -0.337. The van der Waals surface area contributed by atoms with Crippen LogP contribution in [0.15, 0.2) is 18.2 Å². The highest BCUT2D eigenvalue weighted by molar-refractivity contribution is 5.32. The number of nitrogens with one attached hydrogen (secondary N) is 1. The van der Waals surface area contributed by atoms with Crippen molar-refractivity contribution in [1.82, 2.24) is 5.32 Å². The molecule has 1 atom stereocenters. The highest BCUT2D eigenvalue weighted by Gasteiger charge is 2.42. The first-order valence-electron chi connectivity index (χ1n) is 7.62.